The maximum Gasteiger partial charge on any atom is 0.0654 e. The maximum atomic E-state index is 6.40. The fraction of sp³-hybridized carbons (Fsp3) is 0.217. The second kappa shape index (κ2) is 10.6. The third-order valence-electron chi connectivity index (χ3n) is 4.87. The molecule has 3 aromatic carbocycles. The standard InChI is InChI=1S/C17H17Cl3N2.C6H6S/c18-12-3-1-11(2-4-12)17-10-14(21)7-8-22(17)16-6-5-13(19)9-15(16)20;7-6-4-2-1-3-5-6/h1-6,9,14,17H,7-8,10,21H2;1-5,7H. The number of benzene rings is 3. The summed E-state index contributed by atoms with van der Waals surface area (Å²) in [5, 5.41) is 2.05. The molecule has 1 aliphatic rings. The lowest BCUT2D eigenvalue weighted by atomic mass is 9.91. The number of piperidine rings is 1. The van der Waals surface area contributed by atoms with Gasteiger partial charge in [-0.1, -0.05) is 65.1 Å². The molecule has 0 amide bonds. The summed E-state index contributed by atoms with van der Waals surface area (Å²) in [5.41, 5.74) is 8.39. The third kappa shape index (κ3) is 6.31. The van der Waals surface area contributed by atoms with Crippen molar-refractivity contribution >= 4 is 53.1 Å². The van der Waals surface area contributed by atoms with Crippen LogP contribution in [0.25, 0.3) is 0 Å². The van der Waals surface area contributed by atoms with Gasteiger partial charge in [-0.15, -0.1) is 12.6 Å². The van der Waals surface area contributed by atoms with E-state index in [0.29, 0.717) is 10.0 Å². The number of nitrogens with two attached hydrogens (primary N) is 1. The highest BCUT2D eigenvalue weighted by Crippen LogP contribution is 2.39. The molecule has 1 aliphatic heterocycles. The van der Waals surface area contributed by atoms with Crippen LogP contribution in [0.4, 0.5) is 5.69 Å². The maximum absolute atomic E-state index is 6.40. The van der Waals surface area contributed by atoms with Crippen molar-refractivity contribution in [2.45, 2.75) is 29.8 Å². The van der Waals surface area contributed by atoms with E-state index in [4.69, 9.17) is 40.5 Å². The summed E-state index contributed by atoms with van der Waals surface area (Å²) >= 11 is 22.5. The van der Waals surface area contributed by atoms with Gasteiger partial charge >= 0.3 is 0 Å². The Labute approximate surface area is 193 Å². The molecule has 6 heteroatoms. The van der Waals surface area contributed by atoms with E-state index < -0.39 is 0 Å². The van der Waals surface area contributed by atoms with E-state index in [2.05, 4.69) is 29.7 Å². The molecule has 2 N–H and O–H groups in total. The Morgan fingerprint density at radius 2 is 1.52 bits per heavy atom. The van der Waals surface area contributed by atoms with Gasteiger partial charge in [-0.25, -0.2) is 0 Å². The van der Waals surface area contributed by atoms with Crippen molar-refractivity contribution in [2.24, 2.45) is 5.73 Å². The summed E-state index contributed by atoms with van der Waals surface area (Å²) in [5.74, 6) is 0. The monoisotopic (exact) mass is 464 g/mol. The Bertz CT molecular complexity index is 919. The highest BCUT2D eigenvalue weighted by molar-refractivity contribution is 7.80. The van der Waals surface area contributed by atoms with Crippen molar-refractivity contribution in [2.75, 3.05) is 11.4 Å². The van der Waals surface area contributed by atoms with Gasteiger partial charge in [-0.3, -0.25) is 0 Å². The summed E-state index contributed by atoms with van der Waals surface area (Å²) in [6, 6.07) is 23.8. The van der Waals surface area contributed by atoms with Crippen LogP contribution in [0.2, 0.25) is 15.1 Å². The number of rotatable bonds is 2. The largest absolute Gasteiger partial charge is 0.363 e. The molecule has 0 radical (unpaired) electrons. The average Bonchev–Trinajstić information content (AvgIpc) is 2.70. The fourth-order valence-electron chi connectivity index (χ4n) is 3.42. The van der Waals surface area contributed by atoms with Crippen LogP contribution >= 0.6 is 47.4 Å². The SMILES string of the molecule is NC1CCN(c2ccc(Cl)cc2Cl)C(c2ccc(Cl)cc2)C1.Sc1ccccc1. The predicted molar refractivity (Wildman–Crippen MR) is 129 cm³/mol. The van der Waals surface area contributed by atoms with Gasteiger partial charge in [0.05, 0.1) is 16.8 Å². The Morgan fingerprint density at radius 1 is 0.862 bits per heavy atom. The van der Waals surface area contributed by atoms with Crippen molar-refractivity contribution in [3.05, 3.63) is 93.4 Å². The summed E-state index contributed by atoms with van der Waals surface area (Å²) in [7, 11) is 0. The molecule has 3 aromatic rings. The van der Waals surface area contributed by atoms with Crippen LogP contribution in [0, 0.1) is 0 Å². The number of hydrogen-bond acceptors (Lipinski definition) is 3. The Hall–Kier alpha value is -1.36. The number of hydrogen-bond donors (Lipinski definition) is 2. The summed E-state index contributed by atoms with van der Waals surface area (Å²) < 4.78 is 0. The van der Waals surface area contributed by atoms with E-state index in [1.807, 2.05) is 54.6 Å². The zero-order chi connectivity index (χ0) is 20.8. The molecule has 2 unspecified atom stereocenters. The van der Waals surface area contributed by atoms with Gasteiger partial charge in [0, 0.05) is 27.5 Å². The van der Waals surface area contributed by atoms with Gasteiger partial charge < -0.3 is 10.6 Å². The molecule has 2 atom stereocenters. The molecule has 0 saturated carbocycles. The van der Waals surface area contributed by atoms with Crippen molar-refractivity contribution < 1.29 is 0 Å². The lowest BCUT2D eigenvalue weighted by molar-refractivity contribution is 0.420. The quantitative estimate of drug-likeness (QED) is 0.389. The molecular formula is C23H23Cl3N2S. The Kier molecular flexibility index (Phi) is 8.16. The van der Waals surface area contributed by atoms with Crippen molar-refractivity contribution in [3.63, 3.8) is 0 Å². The number of thiol groups is 1. The van der Waals surface area contributed by atoms with Crippen molar-refractivity contribution in [1.29, 1.82) is 0 Å². The number of nitrogens with zero attached hydrogens (tertiary/aromatic N) is 1. The first-order valence-electron chi connectivity index (χ1n) is 9.41. The molecule has 1 fully saturated rings. The number of anilines is 1. The van der Waals surface area contributed by atoms with Gasteiger partial charge in [0.25, 0.3) is 0 Å². The van der Waals surface area contributed by atoms with Crippen LogP contribution in [-0.2, 0) is 0 Å². The molecule has 0 bridgehead atoms. The Morgan fingerprint density at radius 3 is 2.10 bits per heavy atom. The highest BCUT2D eigenvalue weighted by atomic mass is 35.5. The van der Waals surface area contributed by atoms with Gasteiger partial charge in [0.1, 0.15) is 0 Å². The second-order valence-corrected chi connectivity index (χ2v) is 8.77. The Balaban J connectivity index is 0.000000290. The molecule has 1 heterocycles. The molecule has 0 aromatic heterocycles. The molecule has 0 aliphatic carbocycles. The zero-order valence-corrected chi connectivity index (χ0v) is 19.0. The zero-order valence-electron chi connectivity index (χ0n) is 15.8. The van der Waals surface area contributed by atoms with Crippen LogP contribution in [0.3, 0.4) is 0 Å². The number of halogens is 3. The lowest BCUT2D eigenvalue weighted by Crippen LogP contribution is -2.42. The second-order valence-electron chi connectivity index (χ2n) is 6.98. The van der Waals surface area contributed by atoms with Crippen LogP contribution < -0.4 is 10.6 Å². The molecule has 2 nitrogen and oxygen atoms in total. The predicted octanol–water partition coefficient (Wildman–Crippen LogP) is 7.29. The van der Waals surface area contributed by atoms with Gasteiger partial charge in [0.15, 0.2) is 0 Å². The van der Waals surface area contributed by atoms with E-state index in [9.17, 15) is 0 Å². The van der Waals surface area contributed by atoms with Gasteiger partial charge in [-0.05, 0) is 60.9 Å². The first-order valence-corrected chi connectivity index (χ1v) is 11.0. The average molecular weight is 466 g/mol. The summed E-state index contributed by atoms with van der Waals surface area (Å²) in [4.78, 5) is 3.33. The van der Waals surface area contributed by atoms with Crippen molar-refractivity contribution in [3.8, 4) is 0 Å². The van der Waals surface area contributed by atoms with Crippen LogP contribution in [0.1, 0.15) is 24.4 Å². The molecule has 29 heavy (non-hydrogen) atoms. The van der Waals surface area contributed by atoms with Crippen molar-refractivity contribution in [1.82, 2.24) is 0 Å². The van der Waals surface area contributed by atoms with Gasteiger partial charge in [-0.2, -0.15) is 0 Å². The minimum Gasteiger partial charge on any atom is -0.363 e. The van der Waals surface area contributed by atoms with Crippen LogP contribution in [0.5, 0.6) is 0 Å². The molecule has 152 valence electrons. The van der Waals surface area contributed by atoms with E-state index >= 15 is 0 Å². The molecule has 1 saturated heterocycles. The van der Waals surface area contributed by atoms with Crippen LogP contribution in [0.15, 0.2) is 77.7 Å². The minimum absolute atomic E-state index is 0.194. The lowest BCUT2D eigenvalue weighted by Gasteiger charge is -2.40. The summed E-state index contributed by atoms with van der Waals surface area (Å²) in [6.45, 7) is 0.871. The smallest absolute Gasteiger partial charge is 0.0654 e. The fourth-order valence-corrected chi connectivity index (χ4v) is 4.24. The van der Waals surface area contributed by atoms with E-state index in [1.165, 1.54) is 5.56 Å². The van der Waals surface area contributed by atoms with E-state index in [-0.39, 0.29) is 12.1 Å². The molecule has 0 spiro atoms. The molecular weight excluding hydrogens is 443 g/mol. The van der Waals surface area contributed by atoms with E-state index in [1.54, 1.807) is 6.07 Å². The topological polar surface area (TPSA) is 29.3 Å². The van der Waals surface area contributed by atoms with Gasteiger partial charge in [0.2, 0.25) is 0 Å². The summed E-state index contributed by atoms with van der Waals surface area (Å²) in [6.07, 6.45) is 1.84. The highest BCUT2D eigenvalue weighted by Gasteiger charge is 2.29. The normalized spacial score (nSPS) is 18.7. The first kappa shape index (κ1) is 22.3. The minimum atomic E-state index is 0.194. The van der Waals surface area contributed by atoms with E-state index in [0.717, 1.165) is 35.0 Å². The third-order valence-corrected chi connectivity index (χ3v) is 5.96. The van der Waals surface area contributed by atoms with Crippen LogP contribution in [-0.4, -0.2) is 12.6 Å². The molecule has 4 rings (SSSR count). The first-order chi connectivity index (χ1) is 13.9.